The molecule has 1 aliphatic heterocycles. The van der Waals surface area contributed by atoms with Gasteiger partial charge in [-0.05, 0) is 12.5 Å². The predicted octanol–water partition coefficient (Wildman–Crippen LogP) is 2.62. The van der Waals surface area contributed by atoms with Gasteiger partial charge < -0.3 is 9.84 Å². The summed E-state index contributed by atoms with van der Waals surface area (Å²) in [6, 6.07) is 0. The number of hydrogen-bond acceptors (Lipinski definition) is 2. The van der Waals surface area contributed by atoms with E-state index in [1.807, 2.05) is 6.08 Å². The van der Waals surface area contributed by atoms with Crippen molar-refractivity contribution in [2.45, 2.75) is 51.6 Å². The summed E-state index contributed by atoms with van der Waals surface area (Å²) in [5.41, 5.74) is 0. The molecule has 0 saturated heterocycles. The van der Waals surface area contributed by atoms with Crippen molar-refractivity contribution in [3.63, 3.8) is 0 Å². The molecule has 0 bridgehead atoms. The van der Waals surface area contributed by atoms with Gasteiger partial charge in [-0.2, -0.15) is 0 Å². The van der Waals surface area contributed by atoms with Gasteiger partial charge in [0.25, 0.3) is 0 Å². The molecule has 0 aliphatic carbocycles. The topological polar surface area (TPSA) is 29.5 Å². The molecule has 0 amide bonds. The van der Waals surface area contributed by atoms with Gasteiger partial charge in [0.15, 0.2) is 0 Å². The SMILES string of the molecule is CCCCCCC(O)C1=CCCO1. The van der Waals surface area contributed by atoms with Gasteiger partial charge in [0.05, 0.1) is 6.61 Å². The number of rotatable bonds is 6. The predicted molar refractivity (Wildman–Crippen MR) is 53.4 cm³/mol. The van der Waals surface area contributed by atoms with Crippen LogP contribution in [0.25, 0.3) is 0 Å². The van der Waals surface area contributed by atoms with Crippen molar-refractivity contribution in [3.8, 4) is 0 Å². The number of aliphatic hydroxyl groups is 1. The van der Waals surface area contributed by atoms with Crippen LogP contribution in [0.4, 0.5) is 0 Å². The van der Waals surface area contributed by atoms with Crippen molar-refractivity contribution >= 4 is 0 Å². The number of aliphatic hydroxyl groups excluding tert-OH is 1. The Morgan fingerprint density at radius 2 is 2.31 bits per heavy atom. The fraction of sp³-hybridized carbons (Fsp3) is 0.818. The van der Waals surface area contributed by atoms with Crippen molar-refractivity contribution < 1.29 is 9.84 Å². The van der Waals surface area contributed by atoms with Crippen LogP contribution < -0.4 is 0 Å². The maximum Gasteiger partial charge on any atom is 0.121 e. The van der Waals surface area contributed by atoms with Crippen LogP contribution in [-0.2, 0) is 4.74 Å². The van der Waals surface area contributed by atoms with Gasteiger partial charge in [-0.15, -0.1) is 0 Å². The van der Waals surface area contributed by atoms with Crippen molar-refractivity contribution in [3.05, 3.63) is 11.8 Å². The van der Waals surface area contributed by atoms with E-state index in [-0.39, 0.29) is 6.10 Å². The zero-order valence-electron chi connectivity index (χ0n) is 8.46. The highest BCUT2D eigenvalue weighted by atomic mass is 16.5. The third-order valence-electron chi connectivity index (χ3n) is 2.39. The lowest BCUT2D eigenvalue weighted by Crippen LogP contribution is -2.10. The largest absolute Gasteiger partial charge is 0.495 e. The minimum absolute atomic E-state index is 0.348. The molecular weight excluding hydrogens is 164 g/mol. The molecule has 1 unspecified atom stereocenters. The van der Waals surface area contributed by atoms with E-state index in [1.54, 1.807) is 0 Å². The number of unbranched alkanes of at least 4 members (excludes halogenated alkanes) is 3. The van der Waals surface area contributed by atoms with Gasteiger partial charge in [-0.1, -0.05) is 32.6 Å². The smallest absolute Gasteiger partial charge is 0.121 e. The maximum absolute atomic E-state index is 9.65. The normalized spacial score (nSPS) is 18.2. The Labute approximate surface area is 80.6 Å². The molecule has 1 heterocycles. The van der Waals surface area contributed by atoms with E-state index >= 15 is 0 Å². The summed E-state index contributed by atoms with van der Waals surface area (Å²) in [5, 5.41) is 9.65. The Morgan fingerprint density at radius 3 is 2.92 bits per heavy atom. The molecule has 0 saturated carbocycles. The molecule has 0 spiro atoms. The summed E-state index contributed by atoms with van der Waals surface area (Å²) < 4.78 is 5.28. The Hall–Kier alpha value is -0.500. The minimum Gasteiger partial charge on any atom is -0.495 e. The van der Waals surface area contributed by atoms with E-state index in [9.17, 15) is 5.11 Å². The van der Waals surface area contributed by atoms with Crippen LogP contribution >= 0.6 is 0 Å². The molecule has 13 heavy (non-hydrogen) atoms. The molecule has 0 aromatic heterocycles. The molecule has 0 aromatic rings. The summed E-state index contributed by atoms with van der Waals surface area (Å²) in [4.78, 5) is 0. The van der Waals surface area contributed by atoms with E-state index in [0.29, 0.717) is 0 Å². The summed E-state index contributed by atoms with van der Waals surface area (Å²) in [6.45, 7) is 2.94. The zero-order chi connectivity index (χ0) is 9.52. The molecule has 2 heteroatoms. The van der Waals surface area contributed by atoms with Gasteiger partial charge in [0.1, 0.15) is 11.9 Å². The van der Waals surface area contributed by atoms with Crippen LogP contribution in [0.2, 0.25) is 0 Å². The first-order valence-electron chi connectivity index (χ1n) is 5.35. The fourth-order valence-corrected chi connectivity index (χ4v) is 1.58. The van der Waals surface area contributed by atoms with Crippen LogP contribution in [0.5, 0.6) is 0 Å². The Balaban J connectivity index is 2.06. The number of hydrogen-bond donors (Lipinski definition) is 1. The quantitative estimate of drug-likeness (QED) is 0.643. The highest BCUT2D eigenvalue weighted by molar-refractivity contribution is 5.03. The van der Waals surface area contributed by atoms with Gasteiger partial charge >= 0.3 is 0 Å². The van der Waals surface area contributed by atoms with Gasteiger partial charge in [-0.3, -0.25) is 0 Å². The summed E-state index contributed by atoms with van der Waals surface area (Å²) in [6.07, 6.45) is 8.32. The standard InChI is InChI=1S/C11H20O2/c1-2-3-4-5-7-10(12)11-8-6-9-13-11/h8,10,12H,2-7,9H2,1H3. The van der Waals surface area contributed by atoms with E-state index in [2.05, 4.69) is 6.92 Å². The van der Waals surface area contributed by atoms with Crippen LogP contribution in [0.3, 0.4) is 0 Å². The van der Waals surface area contributed by atoms with Crippen LogP contribution in [0.1, 0.15) is 45.4 Å². The molecular formula is C11H20O2. The highest BCUT2D eigenvalue weighted by Crippen LogP contribution is 2.17. The molecule has 1 atom stereocenters. The van der Waals surface area contributed by atoms with Crippen LogP contribution in [0, 0.1) is 0 Å². The molecule has 1 aliphatic rings. The first-order chi connectivity index (χ1) is 6.34. The van der Waals surface area contributed by atoms with Crippen LogP contribution in [-0.4, -0.2) is 17.8 Å². The third-order valence-corrected chi connectivity index (χ3v) is 2.39. The van der Waals surface area contributed by atoms with Crippen LogP contribution in [0.15, 0.2) is 11.8 Å². The van der Waals surface area contributed by atoms with E-state index in [4.69, 9.17) is 4.74 Å². The van der Waals surface area contributed by atoms with Gasteiger partial charge in [0.2, 0.25) is 0 Å². The lowest BCUT2D eigenvalue weighted by Gasteiger charge is -2.11. The van der Waals surface area contributed by atoms with E-state index < -0.39 is 0 Å². The molecule has 0 radical (unpaired) electrons. The average Bonchev–Trinajstić information content (AvgIpc) is 2.65. The lowest BCUT2D eigenvalue weighted by atomic mass is 10.1. The first-order valence-corrected chi connectivity index (χ1v) is 5.35. The lowest BCUT2D eigenvalue weighted by molar-refractivity contribution is 0.110. The maximum atomic E-state index is 9.65. The second-order valence-corrected chi connectivity index (χ2v) is 3.61. The van der Waals surface area contributed by atoms with Gasteiger partial charge in [0, 0.05) is 6.42 Å². The minimum atomic E-state index is -0.348. The fourth-order valence-electron chi connectivity index (χ4n) is 1.58. The Bertz CT molecular complexity index is 163. The van der Waals surface area contributed by atoms with E-state index in [0.717, 1.165) is 31.6 Å². The van der Waals surface area contributed by atoms with Crippen molar-refractivity contribution in [1.82, 2.24) is 0 Å². The zero-order valence-corrected chi connectivity index (χ0v) is 8.46. The molecule has 76 valence electrons. The molecule has 0 fully saturated rings. The molecule has 2 nitrogen and oxygen atoms in total. The summed E-state index contributed by atoms with van der Waals surface area (Å²) in [7, 11) is 0. The molecule has 1 N–H and O–H groups in total. The summed E-state index contributed by atoms with van der Waals surface area (Å²) in [5.74, 6) is 0.802. The van der Waals surface area contributed by atoms with Gasteiger partial charge in [-0.25, -0.2) is 0 Å². The highest BCUT2D eigenvalue weighted by Gasteiger charge is 2.14. The van der Waals surface area contributed by atoms with Crippen molar-refractivity contribution in [1.29, 1.82) is 0 Å². The second-order valence-electron chi connectivity index (χ2n) is 3.61. The van der Waals surface area contributed by atoms with Crippen molar-refractivity contribution in [2.75, 3.05) is 6.61 Å². The molecule has 1 rings (SSSR count). The van der Waals surface area contributed by atoms with Crippen molar-refractivity contribution in [2.24, 2.45) is 0 Å². The first kappa shape index (κ1) is 10.6. The van der Waals surface area contributed by atoms with E-state index in [1.165, 1.54) is 19.3 Å². The third kappa shape index (κ3) is 3.81. The Morgan fingerprint density at radius 1 is 1.46 bits per heavy atom. The molecule has 0 aromatic carbocycles. The monoisotopic (exact) mass is 184 g/mol. The second kappa shape index (κ2) is 6.03. The number of ether oxygens (including phenoxy) is 1. The Kier molecular flexibility index (Phi) is 4.91. The summed E-state index contributed by atoms with van der Waals surface area (Å²) >= 11 is 0. The average molecular weight is 184 g/mol.